The highest BCUT2D eigenvalue weighted by Gasteiger charge is 2.15. The molecule has 1 N–H and O–H groups in total. The summed E-state index contributed by atoms with van der Waals surface area (Å²) < 4.78 is 0.984. The Morgan fingerprint density at radius 2 is 1.85 bits per heavy atom. The molecule has 4 aromatic rings. The summed E-state index contributed by atoms with van der Waals surface area (Å²) >= 11 is 2.77. The van der Waals surface area contributed by atoms with Crippen LogP contribution in [0.4, 0.5) is 0 Å². The fourth-order valence-electron chi connectivity index (χ4n) is 2.52. The van der Waals surface area contributed by atoms with Gasteiger partial charge in [0.05, 0.1) is 21.5 Å². The molecule has 0 aliphatic carbocycles. The summed E-state index contributed by atoms with van der Waals surface area (Å²) in [6.07, 6.45) is 1.50. The molecule has 126 valence electrons. The minimum atomic E-state index is -0.000695. The highest BCUT2D eigenvalue weighted by atomic mass is 32.2. The molecule has 2 aromatic heterocycles. The van der Waals surface area contributed by atoms with Crippen LogP contribution < -0.4 is 0 Å². The van der Waals surface area contributed by atoms with Gasteiger partial charge in [-0.1, -0.05) is 42.1 Å². The molecule has 0 radical (unpaired) electrons. The van der Waals surface area contributed by atoms with Crippen LogP contribution in [0.5, 0.6) is 0 Å². The Balaban J connectivity index is 1.64. The fourth-order valence-corrected chi connectivity index (χ4v) is 4.37. The maximum absolute atomic E-state index is 10.5. The average Bonchev–Trinajstić information content (AvgIpc) is 3.10. The number of rotatable bonds is 4. The van der Waals surface area contributed by atoms with E-state index in [4.69, 9.17) is 0 Å². The molecule has 0 bridgehead atoms. The van der Waals surface area contributed by atoms with Crippen molar-refractivity contribution < 1.29 is 5.11 Å². The molecule has 0 fully saturated rings. The normalized spacial score (nSPS) is 12.1. The van der Waals surface area contributed by atoms with Gasteiger partial charge in [0.1, 0.15) is 33.8 Å². The molecule has 0 aliphatic heterocycles. The molecule has 0 saturated carbocycles. The van der Waals surface area contributed by atoms with Crippen LogP contribution in [-0.2, 0) is 0 Å². The second kappa shape index (κ2) is 7.12. The van der Waals surface area contributed by atoms with E-state index in [1.54, 1.807) is 0 Å². The largest absolute Gasteiger partial charge is 0.510 e. The molecule has 0 spiro atoms. The van der Waals surface area contributed by atoms with E-state index in [0.29, 0.717) is 5.01 Å². The Labute approximate surface area is 157 Å². The van der Waals surface area contributed by atoms with Crippen LogP contribution >= 0.6 is 23.1 Å². The van der Waals surface area contributed by atoms with Crippen LogP contribution in [0.2, 0.25) is 0 Å². The third-order valence-corrected chi connectivity index (χ3v) is 5.83. The lowest BCUT2D eigenvalue weighted by atomic mass is 10.2. The van der Waals surface area contributed by atoms with Crippen LogP contribution in [0.3, 0.4) is 0 Å². The molecule has 0 unspecified atom stereocenters. The Morgan fingerprint density at radius 1 is 1.08 bits per heavy atom. The van der Waals surface area contributed by atoms with Crippen molar-refractivity contribution in [1.82, 2.24) is 15.0 Å². The van der Waals surface area contributed by atoms with Crippen molar-refractivity contribution in [1.29, 1.82) is 5.26 Å². The highest BCUT2D eigenvalue weighted by Crippen LogP contribution is 2.31. The van der Waals surface area contributed by atoms with Crippen LogP contribution in [0, 0.1) is 11.3 Å². The molecular formula is C19H12N4OS2. The molecule has 2 aromatic carbocycles. The summed E-state index contributed by atoms with van der Waals surface area (Å²) in [7, 11) is 0. The number of hydrogen-bond acceptors (Lipinski definition) is 7. The quantitative estimate of drug-likeness (QED) is 0.238. The number of thioether (sulfide) groups is 1. The second-order valence-corrected chi connectivity index (χ2v) is 7.40. The monoisotopic (exact) mass is 376 g/mol. The number of fused-ring (bicyclic) bond motifs is 2. The first kappa shape index (κ1) is 16.5. The van der Waals surface area contributed by atoms with E-state index in [9.17, 15) is 10.4 Å². The second-order valence-electron chi connectivity index (χ2n) is 5.40. The van der Waals surface area contributed by atoms with Gasteiger partial charge in [0, 0.05) is 5.39 Å². The predicted octanol–water partition coefficient (Wildman–Crippen LogP) is 4.82. The maximum atomic E-state index is 10.5. The molecule has 0 saturated heterocycles. The van der Waals surface area contributed by atoms with Gasteiger partial charge in [0.15, 0.2) is 0 Å². The van der Waals surface area contributed by atoms with Gasteiger partial charge in [-0.05, 0) is 18.2 Å². The zero-order valence-corrected chi connectivity index (χ0v) is 15.1. The van der Waals surface area contributed by atoms with Gasteiger partial charge in [-0.25, -0.2) is 15.0 Å². The summed E-state index contributed by atoms with van der Waals surface area (Å²) in [5, 5.41) is 22.2. The molecular weight excluding hydrogens is 364 g/mol. The first-order valence-corrected chi connectivity index (χ1v) is 9.57. The molecule has 4 rings (SSSR count). The van der Waals surface area contributed by atoms with Crippen LogP contribution in [0.15, 0.2) is 65.6 Å². The van der Waals surface area contributed by atoms with Crippen molar-refractivity contribution in [3.05, 3.63) is 65.6 Å². The summed E-state index contributed by atoms with van der Waals surface area (Å²) in [6, 6.07) is 17.5. The van der Waals surface area contributed by atoms with Crippen LogP contribution in [0.1, 0.15) is 5.01 Å². The number of aliphatic hydroxyl groups is 1. The number of aliphatic hydroxyl groups excluding tert-OH is 1. The van der Waals surface area contributed by atoms with E-state index in [-0.39, 0.29) is 17.1 Å². The highest BCUT2D eigenvalue weighted by molar-refractivity contribution is 7.99. The van der Waals surface area contributed by atoms with Gasteiger partial charge in [-0.15, -0.1) is 11.3 Å². The predicted molar refractivity (Wildman–Crippen MR) is 105 cm³/mol. The molecule has 0 amide bonds. The number of benzene rings is 2. The topological polar surface area (TPSA) is 82.7 Å². The van der Waals surface area contributed by atoms with Crippen molar-refractivity contribution in [2.45, 2.75) is 5.03 Å². The molecule has 26 heavy (non-hydrogen) atoms. The van der Waals surface area contributed by atoms with Crippen molar-refractivity contribution in [3.63, 3.8) is 0 Å². The maximum Gasteiger partial charge on any atom is 0.138 e. The first-order valence-electron chi connectivity index (χ1n) is 7.77. The van der Waals surface area contributed by atoms with Gasteiger partial charge < -0.3 is 5.11 Å². The zero-order valence-electron chi connectivity index (χ0n) is 13.5. The average molecular weight is 376 g/mol. The summed E-state index contributed by atoms with van der Waals surface area (Å²) in [5.41, 5.74) is 1.87. The van der Waals surface area contributed by atoms with Gasteiger partial charge in [-0.3, -0.25) is 0 Å². The van der Waals surface area contributed by atoms with Crippen molar-refractivity contribution >= 4 is 49.8 Å². The van der Waals surface area contributed by atoms with E-state index in [1.165, 1.54) is 29.4 Å². The van der Waals surface area contributed by atoms with E-state index >= 15 is 0 Å². The number of allylic oxidation sites excluding steroid dienone is 1. The van der Waals surface area contributed by atoms with Gasteiger partial charge in [-0.2, -0.15) is 5.26 Å². The van der Waals surface area contributed by atoms with Crippen molar-refractivity contribution in [3.8, 4) is 6.07 Å². The van der Waals surface area contributed by atoms with Crippen LogP contribution in [-0.4, -0.2) is 25.8 Å². The number of nitrogens with zero attached hydrogens (tertiary/aromatic N) is 4. The Hall–Kier alpha value is -2.95. The third kappa shape index (κ3) is 3.12. The van der Waals surface area contributed by atoms with Crippen molar-refractivity contribution in [2.24, 2.45) is 0 Å². The van der Waals surface area contributed by atoms with E-state index in [0.717, 1.165) is 26.1 Å². The lowest BCUT2D eigenvalue weighted by Gasteiger charge is -2.05. The standard InChI is InChI=1S/C19H12N4OS2/c20-9-13(19-23-15-7-3-4-8-17(15)26-19)16(24)10-25-18-12-5-1-2-6-14(12)21-11-22-18/h1-8,11,24H,10H2/b16-13-. The number of hydrogen-bond donors (Lipinski definition) is 1. The Bertz CT molecular complexity index is 1140. The lowest BCUT2D eigenvalue weighted by Crippen LogP contribution is -1.94. The minimum Gasteiger partial charge on any atom is -0.510 e. The van der Waals surface area contributed by atoms with E-state index in [1.807, 2.05) is 48.5 Å². The number of aromatic nitrogens is 3. The van der Waals surface area contributed by atoms with E-state index in [2.05, 4.69) is 21.0 Å². The SMILES string of the molecule is N#C/C(=C(/O)CSc1ncnc2ccccc12)c1nc2ccccc2s1. The number of para-hydroxylation sites is 2. The summed E-state index contributed by atoms with van der Waals surface area (Å²) in [4.78, 5) is 13.0. The molecule has 5 nitrogen and oxygen atoms in total. The van der Waals surface area contributed by atoms with Crippen LogP contribution in [0.25, 0.3) is 26.7 Å². The molecule has 0 atom stereocenters. The minimum absolute atomic E-state index is 0.000695. The smallest absolute Gasteiger partial charge is 0.138 e. The van der Waals surface area contributed by atoms with Gasteiger partial charge >= 0.3 is 0 Å². The summed E-state index contributed by atoms with van der Waals surface area (Å²) in [5.74, 6) is 0.235. The Morgan fingerprint density at radius 3 is 2.65 bits per heavy atom. The fraction of sp³-hybridized carbons (Fsp3) is 0.0526. The van der Waals surface area contributed by atoms with Gasteiger partial charge in [0.2, 0.25) is 0 Å². The molecule has 7 heteroatoms. The molecule has 0 aliphatic rings. The lowest BCUT2D eigenvalue weighted by molar-refractivity contribution is 0.421. The van der Waals surface area contributed by atoms with Gasteiger partial charge in [0.25, 0.3) is 0 Å². The summed E-state index contributed by atoms with van der Waals surface area (Å²) in [6.45, 7) is 0. The first-order chi connectivity index (χ1) is 12.8. The van der Waals surface area contributed by atoms with Crippen molar-refractivity contribution in [2.75, 3.05) is 5.75 Å². The van der Waals surface area contributed by atoms with E-state index < -0.39 is 0 Å². The number of thiazole rings is 1. The third-order valence-electron chi connectivity index (χ3n) is 3.76. The molecule has 2 heterocycles. The number of nitriles is 1. The zero-order chi connectivity index (χ0) is 17.9. The Kier molecular flexibility index (Phi) is 4.52.